The van der Waals surface area contributed by atoms with Gasteiger partial charge in [-0.3, -0.25) is 4.79 Å². The number of hydrogen-bond donors (Lipinski definition) is 4. The van der Waals surface area contributed by atoms with Gasteiger partial charge in [0.2, 0.25) is 0 Å². The van der Waals surface area contributed by atoms with Gasteiger partial charge in [-0.1, -0.05) is 24.3 Å². The zero-order valence-electron chi connectivity index (χ0n) is 16.6. The fraction of sp³-hybridized carbons (Fsp3) is 0.381. The average molecular weight is 425 g/mol. The second-order valence-corrected chi connectivity index (χ2v) is 7.08. The molecule has 0 aliphatic rings. The first-order valence-corrected chi connectivity index (χ1v) is 9.48. The van der Waals surface area contributed by atoms with Crippen LogP contribution in [0.4, 0.5) is 18.9 Å². The van der Waals surface area contributed by atoms with Gasteiger partial charge in [-0.2, -0.15) is 13.2 Å². The number of amides is 1. The smallest absolute Gasteiger partial charge is 0.405 e. The summed E-state index contributed by atoms with van der Waals surface area (Å²) in [6, 6.07) is 12.1. The number of halogens is 3. The van der Waals surface area contributed by atoms with Crippen LogP contribution in [0.5, 0.6) is 5.75 Å². The molecular weight excluding hydrogens is 399 g/mol. The third-order valence-electron chi connectivity index (χ3n) is 4.72. The molecule has 0 bridgehead atoms. The number of aliphatic hydroxyl groups is 1. The van der Waals surface area contributed by atoms with E-state index in [2.05, 4.69) is 5.32 Å². The van der Waals surface area contributed by atoms with E-state index < -0.39 is 30.8 Å². The topological polar surface area (TPSA) is 98.8 Å². The largest absolute Gasteiger partial charge is 0.507 e. The third kappa shape index (κ3) is 6.93. The normalized spacial score (nSPS) is 13.6. The number of carbonyl (C=O) groups excluding carboxylic acids is 1. The van der Waals surface area contributed by atoms with Gasteiger partial charge in [-0.25, -0.2) is 0 Å². The molecule has 5 N–H and O–H groups in total. The van der Waals surface area contributed by atoms with E-state index in [1.54, 1.807) is 37.3 Å². The SMILES string of the molecule is CC(CCNCC(O)c1ccc(O)c(C(N)=O)c1)N(CC(F)(F)F)c1ccccc1. The van der Waals surface area contributed by atoms with Gasteiger partial charge in [0.15, 0.2) is 0 Å². The summed E-state index contributed by atoms with van der Waals surface area (Å²) in [5.41, 5.74) is 5.97. The Morgan fingerprint density at radius 2 is 1.87 bits per heavy atom. The lowest BCUT2D eigenvalue weighted by atomic mass is 10.0. The predicted octanol–water partition coefficient (Wildman–Crippen LogP) is 2.96. The second-order valence-electron chi connectivity index (χ2n) is 7.08. The van der Waals surface area contributed by atoms with Crippen LogP contribution in [0.15, 0.2) is 48.5 Å². The quantitative estimate of drug-likeness (QED) is 0.439. The molecule has 6 nitrogen and oxygen atoms in total. The number of para-hydroxylation sites is 1. The van der Waals surface area contributed by atoms with Gasteiger partial charge >= 0.3 is 6.18 Å². The average Bonchev–Trinajstić information content (AvgIpc) is 2.69. The van der Waals surface area contributed by atoms with Crippen LogP contribution in [0, 0.1) is 0 Å². The molecule has 0 saturated carbocycles. The number of primary amides is 1. The summed E-state index contributed by atoms with van der Waals surface area (Å²) in [6.45, 7) is 1.17. The lowest BCUT2D eigenvalue weighted by Gasteiger charge is -2.32. The van der Waals surface area contributed by atoms with Crippen molar-refractivity contribution in [2.45, 2.75) is 31.7 Å². The van der Waals surface area contributed by atoms with Crippen LogP contribution in [0.1, 0.15) is 35.4 Å². The van der Waals surface area contributed by atoms with Gasteiger partial charge in [-0.15, -0.1) is 0 Å². The zero-order chi connectivity index (χ0) is 22.3. The Bertz CT molecular complexity index is 831. The number of alkyl halides is 3. The molecule has 0 aliphatic heterocycles. The highest BCUT2D eigenvalue weighted by atomic mass is 19.4. The molecular formula is C21H26F3N3O3. The van der Waals surface area contributed by atoms with Crippen LogP contribution in [-0.2, 0) is 0 Å². The minimum atomic E-state index is -4.33. The molecule has 0 saturated heterocycles. The van der Waals surface area contributed by atoms with Crippen LogP contribution < -0.4 is 16.0 Å². The van der Waals surface area contributed by atoms with Crippen molar-refractivity contribution in [3.63, 3.8) is 0 Å². The Morgan fingerprint density at radius 3 is 2.47 bits per heavy atom. The molecule has 0 aromatic heterocycles. The second kappa shape index (κ2) is 10.3. The van der Waals surface area contributed by atoms with Crippen molar-refractivity contribution in [2.24, 2.45) is 5.73 Å². The lowest BCUT2D eigenvalue weighted by molar-refractivity contribution is -0.120. The van der Waals surface area contributed by atoms with Crippen molar-refractivity contribution < 1.29 is 28.2 Å². The summed E-state index contributed by atoms with van der Waals surface area (Å²) in [4.78, 5) is 12.6. The highest BCUT2D eigenvalue weighted by Gasteiger charge is 2.32. The molecule has 164 valence electrons. The fourth-order valence-corrected chi connectivity index (χ4v) is 3.10. The van der Waals surface area contributed by atoms with Gasteiger partial charge < -0.3 is 26.2 Å². The minimum absolute atomic E-state index is 0.0918. The van der Waals surface area contributed by atoms with Crippen molar-refractivity contribution in [1.29, 1.82) is 0 Å². The van der Waals surface area contributed by atoms with Gasteiger partial charge in [0.05, 0.1) is 11.7 Å². The summed E-state index contributed by atoms with van der Waals surface area (Å²) in [5.74, 6) is -1.08. The highest BCUT2D eigenvalue weighted by molar-refractivity contribution is 5.95. The molecule has 2 unspecified atom stereocenters. The third-order valence-corrected chi connectivity index (χ3v) is 4.72. The van der Waals surface area contributed by atoms with Crippen molar-refractivity contribution in [1.82, 2.24) is 5.32 Å². The van der Waals surface area contributed by atoms with E-state index in [0.29, 0.717) is 24.2 Å². The van der Waals surface area contributed by atoms with Crippen LogP contribution in [-0.4, -0.2) is 48.0 Å². The Morgan fingerprint density at radius 1 is 1.20 bits per heavy atom. The van der Waals surface area contributed by atoms with Crippen LogP contribution in [0.3, 0.4) is 0 Å². The molecule has 1 amide bonds. The molecule has 2 atom stereocenters. The maximum Gasteiger partial charge on any atom is 0.405 e. The number of nitrogens with one attached hydrogen (secondary N) is 1. The number of nitrogens with zero attached hydrogens (tertiary/aromatic N) is 1. The van der Waals surface area contributed by atoms with Crippen molar-refractivity contribution in [3.8, 4) is 5.75 Å². The standard InChI is InChI=1S/C21H26F3N3O3/c1-14(27(13-21(22,23)24)16-5-3-2-4-6-16)9-10-26-12-19(29)15-7-8-18(28)17(11-15)20(25)30/h2-8,11,14,19,26,28-29H,9-10,12-13H2,1H3,(H2,25,30). The molecule has 9 heteroatoms. The first kappa shape index (κ1) is 23.5. The molecule has 0 fully saturated rings. The van der Waals surface area contributed by atoms with Crippen molar-refractivity contribution in [3.05, 3.63) is 59.7 Å². The molecule has 2 aromatic rings. The van der Waals surface area contributed by atoms with Gasteiger partial charge in [0, 0.05) is 18.3 Å². The zero-order valence-corrected chi connectivity index (χ0v) is 16.6. The number of phenols is 1. The molecule has 0 radical (unpaired) electrons. The number of aromatic hydroxyl groups is 1. The first-order valence-electron chi connectivity index (χ1n) is 9.48. The summed E-state index contributed by atoms with van der Waals surface area (Å²) >= 11 is 0. The molecule has 2 rings (SSSR count). The highest BCUT2D eigenvalue weighted by Crippen LogP contribution is 2.25. The molecule has 2 aromatic carbocycles. The number of anilines is 1. The van der Waals surface area contributed by atoms with Crippen molar-refractivity contribution in [2.75, 3.05) is 24.5 Å². The Balaban J connectivity index is 1.91. The summed E-state index contributed by atoms with van der Waals surface area (Å²) < 4.78 is 39.0. The van der Waals surface area contributed by atoms with Crippen LogP contribution in [0.2, 0.25) is 0 Å². The Hall–Kier alpha value is -2.78. The monoisotopic (exact) mass is 425 g/mol. The van der Waals surface area contributed by atoms with E-state index in [0.717, 1.165) is 0 Å². The van der Waals surface area contributed by atoms with E-state index in [1.165, 1.54) is 23.1 Å². The number of benzene rings is 2. The predicted molar refractivity (Wildman–Crippen MR) is 108 cm³/mol. The maximum atomic E-state index is 13.0. The fourth-order valence-electron chi connectivity index (χ4n) is 3.10. The van der Waals surface area contributed by atoms with E-state index >= 15 is 0 Å². The summed E-state index contributed by atoms with van der Waals surface area (Å²) in [6.07, 6.45) is -4.88. The lowest BCUT2D eigenvalue weighted by Crippen LogP contribution is -2.42. The number of hydrogen-bond acceptors (Lipinski definition) is 5. The van der Waals surface area contributed by atoms with Crippen LogP contribution in [0.25, 0.3) is 0 Å². The van der Waals surface area contributed by atoms with Gasteiger partial charge in [-0.05, 0) is 49.7 Å². The first-order chi connectivity index (χ1) is 14.1. The number of carbonyl (C=O) groups is 1. The van der Waals surface area contributed by atoms with E-state index in [1.807, 2.05) is 0 Å². The molecule has 0 spiro atoms. The van der Waals surface area contributed by atoms with E-state index in [-0.39, 0.29) is 17.9 Å². The van der Waals surface area contributed by atoms with Crippen molar-refractivity contribution >= 4 is 11.6 Å². The maximum absolute atomic E-state index is 13.0. The molecule has 0 aliphatic carbocycles. The van der Waals surface area contributed by atoms with E-state index in [4.69, 9.17) is 5.73 Å². The van der Waals surface area contributed by atoms with Gasteiger partial charge in [0.1, 0.15) is 12.3 Å². The van der Waals surface area contributed by atoms with Gasteiger partial charge in [0.25, 0.3) is 5.91 Å². The van der Waals surface area contributed by atoms with Crippen LogP contribution >= 0.6 is 0 Å². The number of rotatable bonds is 10. The Labute approximate surface area is 173 Å². The number of aliphatic hydroxyl groups excluding tert-OH is 1. The Kier molecular flexibility index (Phi) is 8.08. The summed E-state index contributed by atoms with van der Waals surface area (Å²) in [5, 5.41) is 22.9. The summed E-state index contributed by atoms with van der Waals surface area (Å²) in [7, 11) is 0. The van der Waals surface area contributed by atoms with E-state index in [9.17, 15) is 28.2 Å². The molecule has 0 heterocycles. The number of nitrogens with two attached hydrogens (primary N) is 1. The molecule has 30 heavy (non-hydrogen) atoms. The minimum Gasteiger partial charge on any atom is -0.507 e.